The van der Waals surface area contributed by atoms with Crippen molar-refractivity contribution in [2.45, 2.75) is 38.7 Å². The second-order valence-corrected chi connectivity index (χ2v) is 8.14. The molecule has 0 spiro atoms. The first kappa shape index (κ1) is 22.8. The van der Waals surface area contributed by atoms with E-state index in [0.29, 0.717) is 27.6 Å². The predicted octanol–water partition coefficient (Wildman–Crippen LogP) is 3.05. The van der Waals surface area contributed by atoms with Crippen LogP contribution in [0.4, 0.5) is 14.5 Å². The zero-order valence-corrected chi connectivity index (χ0v) is 18.0. The minimum absolute atomic E-state index is 0.0399. The van der Waals surface area contributed by atoms with Crippen LogP contribution in [-0.4, -0.2) is 61.6 Å². The van der Waals surface area contributed by atoms with Gasteiger partial charge >= 0.3 is 0 Å². The molecule has 0 unspecified atom stereocenters. The molecule has 3 aromatic rings. The molecule has 3 heterocycles. The van der Waals surface area contributed by atoms with Crippen molar-refractivity contribution >= 4 is 28.8 Å². The first-order valence-electron chi connectivity index (χ1n) is 9.58. The minimum Gasteiger partial charge on any atom is -0.387 e. The second-order valence-electron chi connectivity index (χ2n) is 7.71. The number of halogens is 3. The van der Waals surface area contributed by atoms with E-state index < -0.39 is 23.9 Å². The van der Waals surface area contributed by atoms with Crippen LogP contribution in [-0.2, 0) is 0 Å². The van der Waals surface area contributed by atoms with Gasteiger partial charge in [-0.15, -0.1) is 0 Å². The maximum absolute atomic E-state index is 14.0. The monoisotopic (exact) mass is 452 g/mol. The van der Waals surface area contributed by atoms with Gasteiger partial charge in [0.2, 0.25) is 0 Å². The zero-order chi connectivity index (χ0) is 22.8. The van der Waals surface area contributed by atoms with Gasteiger partial charge in [0.05, 0.1) is 52.1 Å². The summed E-state index contributed by atoms with van der Waals surface area (Å²) in [7, 11) is 0. The fourth-order valence-electron chi connectivity index (χ4n) is 2.74. The van der Waals surface area contributed by atoms with Crippen LogP contribution in [0.1, 0.15) is 31.1 Å². The fourth-order valence-corrected chi connectivity index (χ4v) is 2.88. The summed E-state index contributed by atoms with van der Waals surface area (Å²) in [6.07, 6.45) is 3.10. The van der Waals surface area contributed by atoms with Gasteiger partial charge < -0.3 is 15.7 Å². The molecule has 31 heavy (non-hydrogen) atoms. The van der Waals surface area contributed by atoms with Crippen LogP contribution in [0.25, 0.3) is 16.9 Å². The van der Waals surface area contributed by atoms with E-state index in [0.717, 1.165) is 0 Å². The normalized spacial score (nSPS) is 13.8. The molecule has 0 bridgehead atoms. The molecule has 11 heteroatoms. The highest BCUT2D eigenvalue weighted by molar-refractivity contribution is 6.30. The Bertz CT molecular complexity index is 1080. The van der Waals surface area contributed by atoms with Crippen LogP contribution in [0.3, 0.4) is 0 Å². The molecule has 8 nitrogen and oxygen atoms in total. The highest BCUT2D eigenvalue weighted by Gasteiger charge is 2.27. The van der Waals surface area contributed by atoms with Crippen molar-refractivity contribution in [2.24, 2.45) is 0 Å². The third kappa shape index (κ3) is 5.45. The molecule has 166 valence electrons. The summed E-state index contributed by atoms with van der Waals surface area (Å²) < 4.78 is 28.9. The number of fused-ring (bicyclic) bond motifs is 1. The standard InChI is InChI=1S/C20H23ClF2N6O2/c1-11(22)5-24-16-4-15(13-8-28-29-10-12(21)6-26-18(13)29)25-7-14(16)19(30)27-9-17(23)20(2,3)31/h4,6-8,10-11,17,31H,5,9H2,1-3H3,(H,24,25)(H,27,30)/t11-,17+/m0/s1. The van der Waals surface area contributed by atoms with Gasteiger partial charge in [-0.3, -0.25) is 9.78 Å². The highest BCUT2D eigenvalue weighted by atomic mass is 35.5. The molecule has 1 amide bonds. The fraction of sp³-hybridized carbons (Fsp3) is 0.400. The number of hydrogen-bond acceptors (Lipinski definition) is 6. The Hall–Kier alpha value is -2.85. The topological polar surface area (TPSA) is 104 Å². The summed E-state index contributed by atoms with van der Waals surface area (Å²) in [6, 6.07) is 1.58. The molecule has 0 aliphatic heterocycles. The Balaban J connectivity index is 1.92. The number of nitrogens with zero attached hydrogens (tertiary/aromatic N) is 4. The second kappa shape index (κ2) is 9.11. The smallest absolute Gasteiger partial charge is 0.255 e. The largest absolute Gasteiger partial charge is 0.387 e. The first-order chi connectivity index (χ1) is 14.6. The van der Waals surface area contributed by atoms with E-state index in [1.807, 2.05) is 0 Å². The molecular formula is C20H23ClF2N6O2. The number of aliphatic hydroxyl groups is 1. The van der Waals surface area contributed by atoms with E-state index in [4.69, 9.17) is 11.6 Å². The van der Waals surface area contributed by atoms with Crippen molar-refractivity contribution in [3.8, 4) is 11.3 Å². The van der Waals surface area contributed by atoms with Crippen LogP contribution < -0.4 is 10.6 Å². The predicted molar refractivity (Wildman–Crippen MR) is 114 cm³/mol. The van der Waals surface area contributed by atoms with Crippen molar-refractivity contribution < 1.29 is 18.7 Å². The quantitative estimate of drug-likeness (QED) is 0.485. The SMILES string of the molecule is C[C@H](F)CNc1cc(-c2cnn3cc(Cl)cnc23)ncc1C(=O)NC[C@@H](F)C(C)(C)O. The number of alkyl halides is 2. The number of carbonyl (C=O) groups is 1. The zero-order valence-electron chi connectivity index (χ0n) is 17.2. The summed E-state index contributed by atoms with van der Waals surface area (Å²) in [5, 5.41) is 19.6. The number of hydrogen-bond donors (Lipinski definition) is 3. The average molecular weight is 453 g/mol. The summed E-state index contributed by atoms with van der Waals surface area (Å²) in [6.45, 7) is 3.58. The Kier molecular flexibility index (Phi) is 6.71. The van der Waals surface area contributed by atoms with Gasteiger partial charge in [-0.2, -0.15) is 5.10 Å². The van der Waals surface area contributed by atoms with Gasteiger partial charge in [0.15, 0.2) is 5.65 Å². The third-order valence-corrected chi connectivity index (χ3v) is 4.73. The Morgan fingerprint density at radius 3 is 2.68 bits per heavy atom. The van der Waals surface area contributed by atoms with Crippen molar-refractivity contribution in [1.29, 1.82) is 0 Å². The Morgan fingerprint density at radius 2 is 2.00 bits per heavy atom. The molecule has 3 rings (SSSR count). The van der Waals surface area contributed by atoms with Gasteiger partial charge in [-0.1, -0.05) is 11.6 Å². The number of amides is 1. The van der Waals surface area contributed by atoms with Gasteiger partial charge in [0.25, 0.3) is 5.91 Å². The average Bonchev–Trinajstić information content (AvgIpc) is 3.12. The summed E-state index contributed by atoms with van der Waals surface area (Å²) in [5.41, 5.74) is 0.378. The number of aromatic nitrogens is 4. The number of carbonyl (C=O) groups excluding carboxylic acids is 1. The van der Waals surface area contributed by atoms with Crippen LogP contribution in [0.2, 0.25) is 5.02 Å². The molecule has 0 aromatic carbocycles. The lowest BCUT2D eigenvalue weighted by molar-refractivity contribution is -0.00177. The number of pyridine rings is 1. The van der Waals surface area contributed by atoms with E-state index in [-0.39, 0.29) is 18.7 Å². The first-order valence-corrected chi connectivity index (χ1v) is 9.96. The molecule has 0 fully saturated rings. The molecule has 0 saturated heterocycles. The van der Waals surface area contributed by atoms with Crippen molar-refractivity contribution in [3.63, 3.8) is 0 Å². The van der Waals surface area contributed by atoms with Crippen LogP contribution in [0.15, 0.2) is 30.9 Å². The molecule has 2 atom stereocenters. The van der Waals surface area contributed by atoms with Crippen molar-refractivity contribution in [1.82, 2.24) is 24.9 Å². The lowest BCUT2D eigenvalue weighted by Gasteiger charge is -2.22. The van der Waals surface area contributed by atoms with Gasteiger partial charge in [0.1, 0.15) is 12.3 Å². The molecule has 0 aliphatic rings. The van der Waals surface area contributed by atoms with Gasteiger partial charge in [-0.05, 0) is 26.8 Å². The van der Waals surface area contributed by atoms with Crippen molar-refractivity contribution in [3.05, 3.63) is 41.4 Å². The van der Waals surface area contributed by atoms with Gasteiger partial charge in [0, 0.05) is 18.9 Å². The summed E-state index contributed by atoms with van der Waals surface area (Å²) in [5.74, 6) is -0.607. The van der Waals surface area contributed by atoms with Crippen LogP contribution in [0, 0.1) is 0 Å². The van der Waals surface area contributed by atoms with E-state index in [2.05, 4.69) is 25.7 Å². The van der Waals surface area contributed by atoms with E-state index in [9.17, 15) is 18.7 Å². The van der Waals surface area contributed by atoms with E-state index >= 15 is 0 Å². The molecular weight excluding hydrogens is 430 g/mol. The molecule has 3 N–H and O–H groups in total. The van der Waals surface area contributed by atoms with Crippen molar-refractivity contribution in [2.75, 3.05) is 18.4 Å². The van der Waals surface area contributed by atoms with E-state index in [1.165, 1.54) is 37.7 Å². The molecule has 0 radical (unpaired) electrons. The van der Waals surface area contributed by atoms with Crippen LogP contribution in [0.5, 0.6) is 0 Å². The Morgan fingerprint density at radius 1 is 1.26 bits per heavy atom. The number of nitrogens with one attached hydrogen (secondary N) is 2. The maximum Gasteiger partial charge on any atom is 0.255 e. The molecule has 3 aromatic heterocycles. The molecule has 0 aliphatic carbocycles. The number of rotatable bonds is 8. The Labute approximate surface area is 182 Å². The van der Waals surface area contributed by atoms with E-state index in [1.54, 1.807) is 18.5 Å². The lowest BCUT2D eigenvalue weighted by Crippen LogP contribution is -2.42. The minimum atomic E-state index is -1.66. The van der Waals surface area contributed by atoms with Gasteiger partial charge in [-0.25, -0.2) is 18.3 Å². The maximum atomic E-state index is 14.0. The summed E-state index contributed by atoms with van der Waals surface area (Å²) in [4.78, 5) is 21.2. The third-order valence-electron chi connectivity index (χ3n) is 4.53. The lowest BCUT2D eigenvalue weighted by atomic mass is 10.0. The highest BCUT2D eigenvalue weighted by Crippen LogP contribution is 2.27. The molecule has 0 saturated carbocycles. The number of anilines is 1. The van der Waals surface area contributed by atoms with Crippen LogP contribution >= 0.6 is 11.6 Å². The summed E-state index contributed by atoms with van der Waals surface area (Å²) >= 11 is 5.93.